The minimum absolute atomic E-state index is 0.318. The molecule has 1 saturated heterocycles. The highest BCUT2D eigenvalue weighted by atomic mass is 16.3. The third kappa shape index (κ3) is 5.80. The van der Waals surface area contributed by atoms with Crippen LogP contribution in [-0.2, 0) is 6.42 Å². The molecule has 1 aromatic rings. The molecule has 1 aliphatic heterocycles. The number of hydrogen-bond donors (Lipinski definition) is 1. The lowest BCUT2D eigenvalue weighted by atomic mass is 10.0. The molecular formula is C22H36N2O. The van der Waals surface area contributed by atoms with Crippen molar-refractivity contribution in [2.45, 2.75) is 69.9 Å². The number of rotatable bonds is 7. The van der Waals surface area contributed by atoms with Crippen LogP contribution in [0.25, 0.3) is 0 Å². The summed E-state index contributed by atoms with van der Waals surface area (Å²) in [6.07, 6.45) is 11.8. The minimum atomic E-state index is 0.318. The molecule has 0 aromatic heterocycles. The Hall–Kier alpha value is -0.900. The van der Waals surface area contributed by atoms with Crippen molar-refractivity contribution in [3.05, 3.63) is 35.9 Å². The van der Waals surface area contributed by atoms with E-state index in [4.69, 9.17) is 0 Å². The van der Waals surface area contributed by atoms with Gasteiger partial charge in [0.05, 0.1) is 0 Å². The quantitative estimate of drug-likeness (QED) is 0.764. The summed E-state index contributed by atoms with van der Waals surface area (Å²) in [5.41, 5.74) is 1.44. The van der Waals surface area contributed by atoms with Gasteiger partial charge in [0, 0.05) is 38.3 Å². The van der Waals surface area contributed by atoms with Gasteiger partial charge >= 0.3 is 0 Å². The first-order chi connectivity index (χ1) is 12.4. The van der Waals surface area contributed by atoms with Crippen molar-refractivity contribution < 1.29 is 5.11 Å². The Kier molecular flexibility index (Phi) is 7.78. The van der Waals surface area contributed by atoms with E-state index < -0.39 is 0 Å². The minimum Gasteiger partial charge on any atom is -0.396 e. The van der Waals surface area contributed by atoms with Crippen LogP contribution in [0.3, 0.4) is 0 Å². The van der Waals surface area contributed by atoms with Gasteiger partial charge < -0.3 is 5.11 Å². The van der Waals surface area contributed by atoms with Gasteiger partial charge in [-0.3, -0.25) is 9.80 Å². The number of benzene rings is 1. The van der Waals surface area contributed by atoms with E-state index in [1.54, 1.807) is 0 Å². The predicted molar refractivity (Wildman–Crippen MR) is 105 cm³/mol. The third-order valence-corrected chi connectivity index (χ3v) is 6.19. The number of nitrogens with zero attached hydrogens (tertiary/aromatic N) is 2. The highest BCUT2D eigenvalue weighted by molar-refractivity contribution is 5.14. The molecule has 1 aromatic carbocycles. The first-order valence-electron chi connectivity index (χ1n) is 10.5. The topological polar surface area (TPSA) is 26.7 Å². The van der Waals surface area contributed by atoms with Crippen LogP contribution in [0, 0.1) is 0 Å². The lowest BCUT2D eigenvalue weighted by Crippen LogP contribution is -2.56. The zero-order valence-electron chi connectivity index (χ0n) is 15.8. The van der Waals surface area contributed by atoms with E-state index in [0.717, 1.165) is 32.0 Å². The summed E-state index contributed by atoms with van der Waals surface area (Å²) < 4.78 is 0. The molecule has 1 aliphatic carbocycles. The Bertz CT molecular complexity index is 470. The van der Waals surface area contributed by atoms with Crippen molar-refractivity contribution in [1.82, 2.24) is 9.80 Å². The van der Waals surface area contributed by atoms with Crippen LogP contribution in [-0.4, -0.2) is 59.8 Å². The fourth-order valence-corrected chi connectivity index (χ4v) is 4.72. The average Bonchev–Trinajstić information content (AvgIpc) is 2.93. The molecule has 0 amide bonds. The number of aliphatic hydroxyl groups excluding tert-OH is 1. The van der Waals surface area contributed by atoms with Crippen molar-refractivity contribution in [3.63, 3.8) is 0 Å². The van der Waals surface area contributed by atoms with Crippen LogP contribution in [0.1, 0.15) is 56.9 Å². The molecule has 1 N–H and O–H groups in total. The van der Waals surface area contributed by atoms with Crippen molar-refractivity contribution in [3.8, 4) is 0 Å². The van der Waals surface area contributed by atoms with Crippen LogP contribution >= 0.6 is 0 Å². The molecule has 2 fully saturated rings. The summed E-state index contributed by atoms with van der Waals surface area (Å²) in [4.78, 5) is 5.39. The van der Waals surface area contributed by atoms with Crippen molar-refractivity contribution in [2.75, 3.05) is 32.8 Å². The molecule has 2 aliphatic rings. The SMILES string of the molecule is OCCC1CN(C2CCCCCC2)CCN1CCCc1ccccc1. The molecule has 140 valence electrons. The van der Waals surface area contributed by atoms with Gasteiger partial charge in [0.2, 0.25) is 0 Å². The summed E-state index contributed by atoms with van der Waals surface area (Å²) in [7, 11) is 0. The van der Waals surface area contributed by atoms with Crippen LogP contribution < -0.4 is 0 Å². The van der Waals surface area contributed by atoms with Crippen LogP contribution in [0.4, 0.5) is 0 Å². The van der Waals surface area contributed by atoms with Gasteiger partial charge in [-0.1, -0.05) is 56.0 Å². The standard InChI is InChI=1S/C22H36N2O/c25-18-14-22-19-24(21-12-6-1-2-7-13-21)17-16-23(22)15-8-11-20-9-4-3-5-10-20/h3-5,9-10,21-22,25H,1-2,6-8,11-19H2. The highest BCUT2D eigenvalue weighted by Crippen LogP contribution is 2.25. The second-order valence-corrected chi connectivity index (χ2v) is 7.93. The summed E-state index contributed by atoms with van der Waals surface area (Å²) >= 11 is 0. The van der Waals surface area contributed by atoms with E-state index in [0.29, 0.717) is 12.6 Å². The smallest absolute Gasteiger partial charge is 0.0446 e. The van der Waals surface area contributed by atoms with E-state index >= 15 is 0 Å². The summed E-state index contributed by atoms with van der Waals surface area (Å²) in [5, 5.41) is 9.54. The molecule has 0 spiro atoms. The largest absolute Gasteiger partial charge is 0.396 e. The van der Waals surface area contributed by atoms with Crippen LogP contribution in [0.15, 0.2) is 30.3 Å². The zero-order valence-corrected chi connectivity index (χ0v) is 15.8. The van der Waals surface area contributed by atoms with Gasteiger partial charge in [0.25, 0.3) is 0 Å². The third-order valence-electron chi connectivity index (χ3n) is 6.19. The fraction of sp³-hybridized carbons (Fsp3) is 0.727. The Morgan fingerprint density at radius 3 is 2.44 bits per heavy atom. The van der Waals surface area contributed by atoms with Crippen LogP contribution in [0.5, 0.6) is 0 Å². The Labute approximate surface area is 154 Å². The average molecular weight is 345 g/mol. The molecule has 3 rings (SSSR count). The molecule has 1 saturated carbocycles. The van der Waals surface area contributed by atoms with Gasteiger partial charge in [-0.25, -0.2) is 0 Å². The number of aryl methyl sites for hydroxylation is 1. The maximum Gasteiger partial charge on any atom is 0.0446 e. The monoisotopic (exact) mass is 344 g/mol. The van der Waals surface area contributed by atoms with E-state index in [9.17, 15) is 5.11 Å². The van der Waals surface area contributed by atoms with Gasteiger partial charge in [0.15, 0.2) is 0 Å². The van der Waals surface area contributed by atoms with Crippen molar-refractivity contribution in [2.24, 2.45) is 0 Å². The van der Waals surface area contributed by atoms with Gasteiger partial charge in [-0.05, 0) is 44.2 Å². The maximum absolute atomic E-state index is 9.54. The van der Waals surface area contributed by atoms with E-state index in [-0.39, 0.29) is 0 Å². The summed E-state index contributed by atoms with van der Waals surface area (Å²) in [6.45, 7) is 5.04. The zero-order chi connectivity index (χ0) is 17.3. The molecule has 1 heterocycles. The molecule has 3 heteroatoms. The number of hydrogen-bond acceptors (Lipinski definition) is 3. The predicted octanol–water partition coefficient (Wildman–Crippen LogP) is 3.71. The number of aliphatic hydroxyl groups is 1. The van der Waals surface area contributed by atoms with E-state index in [1.165, 1.54) is 63.6 Å². The second kappa shape index (κ2) is 10.3. The second-order valence-electron chi connectivity index (χ2n) is 7.93. The molecule has 25 heavy (non-hydrogen) atoms. The molecular weight excluding hydrogens is 308 g/mol. The van der Waals surface area contributed by atoms with Crippen LogP contribution in [0.2, 0.25) is 0 Å². The molecule has 1 atom stereocenters. The molecule has 1 unspecified atom stereocenters. The number of piperazine rings is 1. The Morgan fingerprint density at radius 1 is 0.960 bits per heavy atom. The van der Waals surface area contributed by atoms with Gasteiger partial charge in [-0.15, -0.1) is 0 Å². The van der Waals surface area contributed by atoms with E-state index in [1.807, 2.05) is 0 Å². The van der Waals surface area contributed by atoms with Gasteiger partial charge in [-0.2, -0.15) is 0 Å². The summed E-state index contributed by atoms with van der Waals surface area (Å²) in [5.74, 6) is 0. The molecule has 3 nitrogen and oxygen atoms in total. The maximum atomic E-state index is 9.54. The van der Waals surface area contributed by atoms with Gasteiger partial charge in [0.1, 0.15) is 0 Å². The van der Waals surface area contributed by atoms with E-state index in [2.05, 4.69) is 40.1 Å². The Balaban J connectivity index is 1.48. The lowest BCUT2D eigenvalue weighted by Gasteiger charge is -2.44. The normalized spacial score (nSPS) is 24.3. The summed E-state index contributed by atoms with van der Waals surface area (Å²) in [6, 6.07) is 12.2. The molecule has 0 radical (unpaired) electrons. The fourth-order valence-electron chi connectivity index (χ4n) is 4.72. The lowest BCUT2D eigenvalue weighted by molar-refractivity contribution is 0.0316. The van der Waals surface area contributed by atoms with Crippen molar-refractivity contribution >= 4 is 0 Å². The molecule has 0 bridgehead atoms. The highest BCUT2D eigenvalue weighted by Gasteiger charge is 2.30. The first kappa shape index (κ1) is 18.9. The first-order valence-corrected chi connectivity index (χ1v) is 10.5. The van der Waals surface area contributed by atoms with Crippen molar-refractivity contribution in [1.29, 1.82) is 0 Å². The Morgan fingerprint density at radius 2 is 1.72 bits per heavy atom.